The fraction of sp³-hybridized carbons (Fsp3) is 0.615. The molecular formula is C13H21NO. The zero-order valence-corrected chi connectivity index (χ0v) is 10.2. The average Bonchev–Trinajstić information content (AvgIpc) is 2.07. The molecule has 0 saturated heterocycles. The summed E-state index contributed by atoms with van der Waals surface area (Å²) in [6.45, 7) is 9.18. The monoisotopic (exact) mass is 207 g/mol. The molecule has 0 saturated carbocycles. The van der Waals surface area contributed by atoms with Crippen molar-refractivity contribution in [1.29, 1.82) is 0 Å². The van der Waals surface area contributed by atoms with Crippen molar-refractivity contribution in [1.82, 2.24) is 0 Å². The van der Waals surface area contributed by atoms with E-state index in [1.54, 1.807) is 0 Å². The third-order valence-corrected chi connectivity index (χ3v) is 1.97. The highest BCUT2D eigenvalue weighted by atomic mass is 16.5. The molecule has 1 aliphatic rings. The van der Waals surface area contributed by atoms with Crippen LogP contribution in [0.2, 0.25) is 0 Å². The molecule has 0 amide bonds. The molecule has 15 heavy (non-hydrogen) atoms. The van der Waals surface area contributed by atoms with Gasteiger partial charge in [-0.25, -0.2) is 4.99 Å². The van der Waals surface area contributed by atoms with Gasteiger partial charge in [0.25, 0.3) is 0 Å². The molecule has 0 aromatic carbocycles. The van der Waals surface area contributed by atoms with Crippen molar-refractivity contribution in [3.8, 4) is 0 Å². The Bertz CT molecular complexity index is 292. The molecule has 1 rings (SSSR count). The van der Waals surface area contributed by atoms with Crippen LogP contribution >= 0.6 is 0 Å². The number of allylic oxidation sites excluding steroid dienone is 3. The van der Waals surface area contributed by atoms with Crippen molar-refractivity contribution in [2.45, 2.75) is 40.5 Å². The number of hydrogen-bond acceptors (Lipinski definition) is 2. The Hall–Kier alpha value is -1.05. The first-order valence-electron chi connectivity index (χ1n) is 5.52. The van der Waals surface area contributed by atoms with Gasteiger partial charge < -0.3 is 4.74 Å². The Morgan fingerprint density at radius 3 is 2.73 bits per heavy atom. The van der Waals surface area contributed by atoms with Gasteiger partial charge in [0.1, 0.15) is 0 Å². The van der Waals surface area contributed by atoms with Crippen LogP contribution in [-0.4, -0.2) is 12.5 Å². The number of hydrogen-bond donors (Lipinski definition) is 0. The van der Waals surface area contributed by atoms with Crippen LogP contribution in [-0.2, 0) is 4.74 Å². The van der Waals surface area contributed by atoms with Gasteiger partial charge in [0.15, 0.2) is 0 Å². The Kier molecular flexibility index (Phi) is 4.13. The lowest BCUT2D eigenvalue weighted by Gasteiger charge is -2.19. The van der Waals surface area contributed by atoms with E-state index >= 15 is 0 Å². The Labute approximate surface area is 92.7 Å². The maximum absolute atomic E-state index is 5.68. The highest BCUT2D eigenvalue weighted by Gasteiger charge is 2.11. The van der Waals surface area contributed by atoms with Crippen LogP contribution < -0.4 is 0 Å². The second-order valence-electron chi connectivity index (χ2n) is 5.12. The van der Waals surface area contributed by atoms with Crippen LogP contribution in [0.15, 0.2) is 28.9 Å². The second kappa shape index (κ2) is 5.15. The zero-order chi connectivity index (χ0) is 11.3. The van der Waals surface area contributed by atoms with Gasteiger partial charge >= 0.3 is 0 Å². The zero-order valence-electron chi connectivity index (χ0n) is 10.2. The Morgan fingerprint density at radius 2 is 2.07 bits per heavy atom. The first-order valence-corrected chi connectivity index (χ1v) is 5.52. The minimum Gasteiger partial charge on any atom is -0.477 e. The summed E-state index contributed by atoms with van der Waals surface area (Å²) in [5.41, 5.74) is 1.22. The quantitative estimate of drug-likeness (QED) is 0.642. The molecule has 0 N–H and O–H groups in total. The molecule has 1 aliphatic heterocycles. The standard InChI is InChI=1S/C13H21NO/c1-11-8-6-5-7-9-12(14-11)15-10-13(2,3)4/h7-9H,5-6,10H2,1-4H3/b9-7+,11-8-,14-12+. The molecule has 0 aliphatic carbocycles. The molecule has 0 unspecified atom stereocenters. The van der Waals surface area contributed by atoms with Gasteiger partial charge in [-0.2, -0.15) is 0 Å². The predicted molar refractivity (Wildman–Crippen MR) is 65.0 cm³/mol. The van der Waals surface area contributed by atoms with Gasteiger partial charge in [-0.3, -0.25) is 0 Å². The summed E-state index contributed by atoms with van der Waals surface area (Å²) in [4.78, 5) is 4.41. The lowest BCUT2D eigenvalue weighted by Crippen LogP contribution is -2.17. The SMILES string of the molecule is CC1=C/CC/C=C/C(OCC(C)(C)C)=N\1. The molecule has 0 aromatic heterocycles. The number of nitrogens with zero attached hydrogens (tertiary/aromatic N) is 1. The smallest absolute Gasteiger partial charge is 0.213 e. The molecular weight excluding hydrogens is 186 g/mol. The van der Waals surface area contributed by atoms with E-state index in [4.69, 9.17) is 4.74 Å². The van der Waals surface area contributed by atoms with E-state index in [9.17, 15) is 0 Å². The molecule has 0 atom stereocenters. The molecule has 2 heteroatoms. The Balaban J connectivity index is 2.62. The summed E-state index contributed by atoms with van der Waals surface area (Å²) in [5.74, 6) is 0.735. The van der Waals surface area contributed by atoms with Crippen molar-refractivity contribution in [2.75, 3.05) is 6.61 Å². The lowest BCUT2D eigenvalue weighted by molar-refractivity contribution is 0.188. The van der Waals surface area contributed by atoms with Crippen LogP contribution in [0.25, 0.3) is 0 Å². The summed E-state index contributed by atoms with van der Waals surface area (Å²) in [6, 6.07) is 0. The van der Waals surface area contributed by atoms with Gasteiger partial charge in [0.2, 0.25) is 5.90 Å². The third-order valence-electron chi connectivity index (χ3n) is 1.97. The molecule has 2 nitrogen and oxygen atoms in total. The number of aliphatic imine (C=N–C) groups is 1. The molecule has 0 bridgehead atoms. The number of ether oxygens (including phenoxy) is 1. The minimum atomic E-state index is 0.177. The molecule has 0 spiro atoms. The fourth-order valence-electron chi connectivity index (χ4n) is 1.20. The second-order valence-corrected chi connectivity index (χ2v) is 5.12. The van der Waals surface area contributed by atoms with Crippen LogP contribution in [0, 0.1) is 5.41 Å². The highest BCUT2D eigenvalue weighted by Crippen LogP contribution is 2.14. The van der Waals surface area contributed by atoms with Gasteiger partial charge in [0, 0.05) is 5.70 Å². The molecule has 0 fully saturated rings. The van der Waals surface area contributed by atoms with E-state index in [2.05, 4.69) is 37.9 Å². The van der Waals surface area contributed by atoms with Crippen LogP contribution in [0.3, 0.4) is 0 Å². The van der Waals surface area contributed by atoms with Crippen LogP contribution in [0.5, 0.6) is 0 Å². The predicted octanol–water partition coefficient (Wildman–Crippen LogP) is 3.70. The van der Waals surface area contributed by atoms with E-state index in [1.165, 1.54) is 0 Å². The van der Waals surface area contributed by atoms with Crippen molar-refractivity contribution in [3.63, 3.8) is 0 Å². The highest BCUT2D eigenvalue weighted by molar-refractivity contribution is 5.88. The lowest BCUT2D eigenvalue weighted by atomic mass is 9.99. The van der Waals surface area contributed by atoms with E-state index in [0.717, 1.165) is 24.4 Å². The van der Waals surface area contributed by atoms with E-state index in [0.29, 0.717) is 6.61 Å². The summed E-state index contributed by atoms with van der Waals surface area (Å²) in [7, 11) is 0. The van der Waals surface area contributed by atoms with Crippen LogP contribution in [0.1, 0.15) is 40.5 Å². The molecule has 84 valence electrons. The minimum absolute atomic E-state index is 0.177. The van der Waals surface area contributed by atoms with E-state index in [1.807, 2.05) is 13.0 Å². The van der Waals surface area contributed by atoms with E-state index < -0.39 is 0 Å². The van der Waals surface area contributed by atoms with Crippen LogP contribution in [0.4, 0.5) is 0 Å². The molecule has 1 heterocycles. The first-order chi connectivity index (χ1) is 6.97. The normalized spacial score (nSPS) is 26.7. The maximum atomic E-state index is 5.68. The summed E-state index contributed by atoms with van der Waals surface area (Å²) < 4.78 is 5.68. The fourth-order valence-corrected chi connectivity index (χ4v) is 1.20. The van der Waals surface area contributed by atoms with Gasteiger partial charge in [0.05, 0.1) is 6.61 Å². The summed E-state index contributed by atoms with van der Waals surface area (Å²) >= 11 is 0. The summed E-state index contributed by atoms with van der Waals surface area (Å²) in [5, 5.41) is 0. The first kappa shape index (κ1) is 12.0. The number of rotatable bonds is 1. The van der Waals surface area contributed by atoms with Crippen molar-refractivity contribution < 1.29 is 4.74 Å². The van der Waals surface area contributed by atoms with Gasteiger partial charge in [-0.1, -0.05) is 32.9 Å². The van der Waals surface area contributed by atoms with Gasteiger partial charge in [-0.15, -0.1) is 0 Å². The average molecular weight is 207 g/mol. The van der Waals surface area contributed by atoms with E-state index in [-0.39, 0.29) is 5.41 Å². The summed E-state index contributed by atoms with van der Waals surface area (Å²) in [6.07, 6.45) is 8.37. The molecule has 0 radical (unpaired) electrons. The topological polar surface area (TPSA) is 21.6 Å². The van der Waals surface area contributed by atoms with Crippen molar-refractivity contribution >= 4 is 5.90 Å². The largest absolute Gasteiger partial charge is 0.477 e. The Morgan fingerprint density at radius 1 is 1.33 bits per heavy atom. The van der Waals surface area contributed by atoms with Crippen molar-refractivity contribution in [3.05, 3.63) is 23.9 Å². The molecule has 0 aromatic rings. The van der Waals surface area contributed by atoms with Crippen molar-refractivity contribution in [2.24, 2.45) is 10.4 Å². The maximum Gasteiger partial charge on any atom is 0.213 e. The van der Waals surface area contributed by atoms with Gasteiger partial charge in [-0.05, 0) is 31.3 Å². The third kappa shape index (κ3) is 5.40.